The van der Waals surface area contributed by atoms with E-state index < -0.39 is 9.84 Å². The van der Waals surface area contributed by atoms with Crippen molar-refractivity contribution in [3.05, 3.63) is 36.3 Å². The van der Waals surface area contributed by atoms with Gasteiger partial charge in [0, 0.05) is 25.4 Å². The van der Waals surface area contributed by atoms with Crippen molar-refractivity contribution in [2.24, 2.45) is 7.05 Å². The number of sulfone groups is 1. The van der Waals surface area contributed by atoms with E-state index in [0.717, 1.165) is 17.3 Å². The summed E-state index contributed by atoms with van der Waals surface area (Å²) in [5, 5.41) is 0.0355. The highest BCUT2D eigenvalue weighted by atomic mass is 32.2. The molecule has 126 valence electrons. The largest absolute Gasteiger partial charge is 0.455 e. The second-order valence-corrected chi connectivity index (χ2v) is 7.56. The summed E-state index contributed by atoms with van der Waals surface area (Å²) in [6.07, 6.45) is 4.86. The van der Waals surface area contributed by atoms with E-state index in [0.29, 0.717) is 29.1 Å². The van der Waals surface area contributed by atoms with Crippen LogP contribution in [0.15, 0.2) is 35.7 Å². The number of fused-ring (bicyclic) bond motifs is 1. The van der Waals surface area contributed by atoms with Crippen LogP contribution in [0, 0.1) is 0 Å². The van der Waals surface area contributed by atoms with Crippen molar-refractivity contribution in [2.75, 3.05) is 12.0 Å². The van der Waals surface area contributed by atoms with Crippen LogP contribution in [0.3, 0.4) is 0 Å². The number of ether oxygens (including phenoxy) is 1. The lowest BCUT2D eigenvalue weighted by Gasteiger charge is -2.12. The van der Waals surface area contributed by atoms with Gasteiger partial charge in [0.05, 0.1) is 23.7 Å². The lowest BCUT2D eigenvalue weighted by atomic mass is 10.2. The quantitative estimate of drug-likeness (QED) is 0.728. The standard InChI is InChI=1S/C16H18N4O3S/c1-4-10-5-15(24(3,21)22)18-8-14(10)23-11-6-12(17)16-13(7-11)20(2)9-19-16/h5-9H,4,17H2,1-3H3. The highest BCUT2D eigenvalue weighted by Crippen LogP contribution is 2.31. The third-order valence-electron chi connectivity index (χ3n) is 3.74. The van der Waals surface area contributed by atoms with Crippen LogP contribution >= 0.6 is 0 Å². The zero-order valence-electron chi connectivity index (χ0n) is 13.6. The van der Waals surface area contributed by atoms with E-state index in [9.17, 15) is 8.42 Å². The maximum absolute atomic E-state index is 11.6. The molecule has 3 aromatic rings. The molecule has 1 aromatic carbocycles. The minimum absolute atomic E-state index is 0.0355. The minimum atomic E-state index is -3.36. The number of pyridine rings is 1. The zero-order valence-corrected chi connectivity index (χ0v) is 14.5. The molecule has 0 spiro atoms. The van der Waals surface area contributed by atoms with E-state index in [1.54, 1.807) is 12.4 Å². The Balaban J connectivity index is 2.03. The van der Waals surface area contributed by atoms with Crippen LogP contribution < -0.4 is 10.5 Å². The summed E-state index contributed by atoms with van der Waals surface area (Å²) < 4.78 is 31.0. The molecule has 0 aliphatic carbocycles. The number of imidazole rings is 1. The summed E-state index contributed by atoms with van der Waals surface area (Å²) in [7, 11) is -1.48. The number of hydrogen-bond donors (Lipinski definition) is 1. The number of aromatic nitrogens is 3. The van der Waals surface area contributed by atoms with Crippen LogP contribution in [0.4, 0.5) is 5.69 Å². The Bertz CT molecular complexity index is 1030. The van der Waals surface area contributed by atoms with Crippen LogP contribution in [0.1, 0.15) is 12.5 Å². The van der Waals surface area contributed by atoms with Gasteiger partial charge >= 0.3 is 0 Å². The molecule has 0 saturated carbocycles. The molecule has 0 aliphatic rings. The van der Waals surface area contributed by atoms with Gasteiger partial charge in [-0.15, -0.1) is 0 Å². The number of aryl methyl sites for hydroxylation is 2. The maximum Gasteiger partial charge on any atom is 0.192 e. The van der Waals surface area contributed by atoms with E-state index >= 15 is 0 Å². The topological polar surface area (TPSA) is 100 Å². The maximum atomic E-state index is 11.6. The summed E-state index contributed by atoms with van der Waals surface area (Å²) in [6, 6.07) is 5.07. The number of nitrogens with two attached hydrogens (primary N) is 1. The van der Waals surface area contributed by atoms with Gasteiger partial charge in [-0.2, -0.15) is 0 Å². The molecule has 2 aromatic heterocycles. The molecule has 0 aliphatic heterocycles. The highest BCUT2D eigenvalue weighted by molar-refractivity contribution is 7.90. The SMILES string of the molecule is CCc1cc(S(C)(=O)=O)ncc1Oc1cc(N)c2ncn(C)c2c1. The fourth-order valence-electron chi connectivity index (χ4n) is 2.45. The average molecular weight is 346 g/mol. The molecule has 0 atom stereocenters. The summed E-state index contributed by atoms with van der Waals surface area (Å²) >= 11 is 0. The molecule has 0 bridgehead atoms. The van der Waals surface area contributed by atoms with Gasteiger partial charge in [0.2, 0.25) is 0 Å². The van der Waals surface area contributed by atoms with Crippen LogP contribution in [0.25, 0.3) is 11.0 Å². The lowest BCUT2D eigenvalue weighted by Crippen LogP contribution is -2.03. The summed E-state index contributed by atoms with van der Waals surface area (Å²) in [5.41, 5.74) is 8.86. The van der Waals surface area contributed by atoms with E-state index in [2.05, 4.69) is 9.97 Å². The number of hydrogen-bond acceptors (Lipinski definition) is 6. The average Bonchev–Trinajstić information content (AvgIpc) is 2.88. The Labute approximate surface area is 140 Å². The second-order valence-electron chi connectivity index (χ2n) is 5.59. The van der Waals surface area contributed by atoms with Gasteiger partial charge in [0.25, 0.3) is 0 Å². The Kier molecular flexibility index (Phi) is 3.92. The normalized spacial score (nSPS) is 11.8. The molecule has 0 amide bonds. The van der Waals surface area contributed by atoms with Crippen LogP contribution in [0.2, 0.25) is 0 Å². The fourth-order valence-corrected chi connectivity index (χ4v) is 3.05. The van der Waals surface area contributed by atoms with Crippen LogP contribution in [-0.4, -0.2) is 29.2 Å². The van der Waals surface area contributed by atoms with Gasteiger partial charge in [0.15, 0.2) is 14.9 Å². The number of anilines is 1. The van der Waals surface area contributed by atoms with Gasteiger partial charge < -0.3 is 15.0 Å². The number of rotatable bonds is 4. The molecule has 7 nitrogen and oxygen atoms in total. The van der Waals surface area contributed by atoms with Crippen molar-refractivity contribution >= 4 is 26.6 Å². The van der Waals surface area contributed by atoms with E-state index in [1.165, 1.54) is 12.3 Å². The molecular formula is C16H18N4O3S. The second kappa shape index (κ2) is 5.79. The van der Waals surface area contributed by atoms with Gasteiger partial charge in [-0.1, -0.05) is 6.92 Å². The van der Waals surface area contributed by atoms with Crippen molar-refractivity contribution in [1.29, 1.82) is 0 Å². The summed E-state index contributed by atoms with van der Waals surface area (Å²) in [6.45, 7) is 1.92. The van der Waals surface area contributed by atoms with E-state index in [4.69, 9.17) is 10.5 Å². The summed E-state index contributed by atoms with van der Waals surface area (Å²) in [4.78, 5) is 8.23. The molecule has 0 fully saturated rings. The summed E-state index contributed by atoms with van der Waals surface area (Å²) in [5.74, 6) is 1.05. The molecule has 2 heterocycles. The van der Waals surface area contributed by atoms with Gasteiger partial charge in [0.1, 0.15) is 17.0 Å². The van der Waals surface area contributed by atoms with Crippen molar-refractivity contribution in [3.8, 4) is 11.5 Å². The first-order valence-electron chi connectivity index (χ1n) is 7.37. The van der Waals surface area contributed by atoms with Gasteiger partial charge in [-0.3, -0.25) is 0 Å². The molecule has 3 rings (SSSR count). The molecule has 24 heavy (non-hydrogen) atoms. The first kappa shape index (κ1) is 16.3. The van der Waals surface area contributed by atoms with Crippen molar-refractivity contribution in [1.82, 2.24) is 14.5 Å². The molecule has 8 heteroatoms. The fraction of sp³-hybridized carbons (Fsp3) is 0.250. The smallest absolute Gasteiger partial charge is 0.192 e. The predicted molar refractivity (Wildman–Crippen MR) is 91.9 cm³/mol. The molecule has 2 N–H and O–H groups in total. The third kappa shape index (κ3) is 2.92. The minimum Gasteiger partial charge on any atom is -0.455 e. The van der Waals surface area contributed by atoms with Gasteiger partial charge in [-0.25, -0.2) is 18.4 Å². The van der Waals surface area contributed by atoms with E-state index in [-0.39, 0.29) is 5.03 Å². The molecular weight excluding hydrogens is 328 g/mol. The van der Waals surface area contributed by atoms with Crippen molar-refractivity contribution in [3.63, 3.8) is 0 Å². The zero-order chi connectivity index (χ0) is 17.5. The third-order valence-corrected chi connectivity index (χ3v) is 4.73. The van der Waals surface area contributed by atoms with Crippen molar-refractivity contribution in [2.45, 2.75) is 18.4 Å². The Morgan fingerprint density at radius 2 is 2.00 bits per heavy atom. The Hall–Kier alpha value is -2.61. The number of benzene rings is 1. The highest BCUT2D eigenvalue weighted by Gasteiger charge is 2.14. The van der Waals surface area contributed by atoms with Crippen molar-refractivity contribution < 1.29 is 13.2 Å². The first-order chi connectivity index (χ1) is 11.3. The number of nitrogen functional groups attached to an aromatic ring is 1. The lowest BCUT2D eigenvalue weighted by molar-refractivity contribution is 0.473. The first-order valence-corrected chi connectivity index (χ1v) is 9.26. The van der Waals surface area contributed by atoms with Crippen LogP contribution in [0.5, 0.6) is 11.5 Å². The Morgan fingerprint density at radius 1 is 1.25 bits per heavy atom. The van der Waals surface area contributed by atoms with Crippen LogP contribution in [-0.2, 0) is 23.3 Å². The Morgan fingerprint density at radius 3 is 2.67 bits per heavy atom. The predicted octanol–water partition coefficient (Wildman–Crippen LogP) is 2.31. The molecule has 0 saturated heterocycles. The van der Waals surface area contributed by atoms with Gasteiger partial charge in [-0.05, 0) is 18.1 Å². The molecule has 0 radical (unpaired) electrons. The number of nitrogens with zero attached hydrogens (tertiary/aromatic N) is 3. The molecule has 0 unspecified atom stereocenters. The monoisotopic (exact) mass is 346 g/mol. The van der Waals surface area contributed by atoms with E-state index in [1.807, 2.05) is 24.6 Å².